The first kappa shape index (κ1) is 16.8. The molecule has 2 aliphatic rings. The normalized spacial score (nSPS) is 24.2. The number of hydrogen-bond acceptors (Lipinski definition) is 5. The summed E-state index contributed by atoms with van der Waals surface area (Å²) in [5.41, 5.74) is 2.35. The summed E-state index contributed by atoms with van der Waals surface area (Å²) in [6.07, 6.45) is 0.593. The van der Waals surface area contributed by atoms with Crippen LogP contribution in [0, 0.1) is 0 Å². The molecule has 26 heavy (non-hydrogen) atoms. The van der Waals surface area contributed by atoms with Crippen LogP contribution in [-0.2, 0) is 16.6 Å². The smallest absolute Gasteiger partial charge is 0.329 e. The fraction of sp³-hybridized carbons (Fsp3) is 0.500. The molecule has 0 bridgehead atoms. The molecule has 138 valence electrons. The number of hydrogen-bond donors (Lipinski definition) is 2. The molecule has 2 saturated heterocycles. The number of nitrogens with one attached hydrogen (secondary N) is 2. The first-order valence-electron chi connectivity index (χ1n) is 8.99. The molecule has 0 saturated carbocycles. The molecule has 2 N–H and O–H groups in total. The van der Waals surface area contributed by atoms with Gasteiger partial charge in [0.25, 0.3) is 0 Å². The maximum atomic E-state index is 12.8. The molecule has 0 spiro atoms. The minimum Gasteiger partial charge on any atom is -0.366 e. The van der Waals surface area contributed by atoms with Gasteiger partial charge in [-0.2, -0.15) is 0 Å². The number of piperidine rings is 1. The minimum absolute atomic E-state index is 0.236. The van der Waals surface area contributed by atoms with Crippen molar-refractivity contribution in [1.29, 1.82) is 0 Å². The quantitative estimate of drug-likeness (QED) is 0.745. The number of rotatable bonds is 2. The third-order valence-electron chi connectivity index (χ3n) is 5.43. The summed E-state index contributed by atoms with van der Waals surface area (Å²) in [5.74, 6) is -0.690. The summed E-state index contributed by atoms with van der Waals surface area (Å²) >= 11 is 0. The van der Waals surface area contributed by atoms with E-state index >= 15 is 0 Å². The number of piperazine rings is 1. The average Bonchev–Trinajstić information content (AvgIpc) is 2.87. The van der Waals surface area contributed by atoms with E-state index in [1.165, 1.54) is 4.57 Å². The number of carbonyl (C=O) groups is 2. The number of anilines is 1. The number of aryl methyl sites for hydroxylation is 1. The molecular formula is C18H23N5O3. The number of carbonyl (C=O) groups excluding carboxylic acids is 2. The summed E-state index contributed by atoms with van der Waals surface area (Å²) in [6, 6.07) is 5.65. The van der Waals surface area contributed by atoms with Gasteiger partial charge in [-0.05, 0) is 31.5 Å². The van der Waals surface area contributed by atoms with Crippen molar-refractivity contribution in [3.63, 3.8) is 0 Å². The van der Waals surface area contributed by atoms with E-state index in [2.05, 4.69) is 22.5 Å². The topological polar surface area (TPSA) is 88.4 Å². The van der Waals surface area contributed by atoms with Crippen LogP contribution in [-0.4, -0.2) is 46.6 Å². The van der Waals surface area contributed by atoms with Gasteiger partial charge < -0.3 is 10.2 Å². The lowest BCUT2D eigenvalue weighted by atomic mass is 10.1. The van der Waals surface area contributed by atoms with Gasteiger partial charge >= 0.3 is 5.69 Å². The third-order valence-corrected chi connectivity index (χ3v) is 5.43. The minimum atomic E-state index is -0.645. The van der Waals surface area contributed by atoms with Gasteiger partial charge in [-0.3, -0.25) is 24.0 Å². The molecule has 2 aliphatic heterocycles. The molecule has 2 amide bonds. The first-order valence-corrected chi connectivity index (χ1v) is 8.99. The Morgan fingerprint density at radius 3 is 2.69 bits per heavy atom. The monoisotopic (exact) mass is 357 g/mol. The molecule has 1 aromatic heterocycles. The predicted molar refractivity (Wildman–Crippen MR) is 98.3 cm³/mol. The van der Waals surface area contributed by atoms with Crippen LogP contribution in [0.3, 0.4) is 0 Å². The van der Waals surface area contributed by atoms with Gasteiger partial charge in [0.05, 0.1) is 11.0 Å². The Morgan fingerprint density at radius 1 is 1.15 bits per heavy atom. The van der Waals surface area contributed by atoms with Gasteiger partial charge in [-0.15, -0.1) is 0 Å². The van der Waals surface area contributed by atoms with E-state index < -0.39 is 11.9 Å². The number of nitrogens with zero attached hydrogens (tertiary/aromatic N) is 3. The molecule has 2 atom stereocenters. The predicted octanol–water partition coefficient (Wildman–Crippen LogP) is 0.116. The SMILES string of the molecule is C[C@@H]1CNCCN1c1ccc2c(c1)n(C)c(=O)n2C1CCC(=O)NC1=O. The van der Waals surface area contributed by atoms with E-state index in [1.807, 2.05) is 18.2 Å². The molecule has 0 radical (unpaired) electrons. The van der Waals surface area contributed by atoms with Gasteiger partial charge in [0.1, 0.15) is 6.04 Å². The Labute approximate surface area is 150 Å². The first-order chi connectivity index (χ1) is 12.5. The van der Waals surface area contributed by atoms with Crippen LogP contribution in [0.1, 0.15) is 25.8 Å². The number of benzene rings is 1. The van der Waals surface area contributed by atoms with E-state index in [-0.39, 0.29) is 18.0 Å². The second kappa shape index (κ2) is 6.28. The zero-order chi connectivity index (χ0) is 18.4. The average molecular weight is 357 g/mol. The van der Waals surface area contributed by atoms with Crippen LogP contribution >= 0.6 is 0 Å². The van der Waals surface area contributed by atoms with Crippen molar-refractivity contribution < 1.29 is 9.59 Å². The van der Waals surface area contributed by atoms with Gasteiger partial charge in [0.15, 0.2) is 0 Å². The number of amides is 2. The molecule has 2 aromatic rings. The van der Waals surface area contributed by atoms with Crippen LogP contribution in [0.4, 0.5) is 5.69 Å². The second-order valence-electron chi connectivity index (χ2n) is 7.10. The third kappa shape index (κ3) is 2.61. The highest BCUT2D eigenvalue weighted by atomic mass is 16.2. The summed E-state index contributed by atoms with van der Waals surface area (Å²) in [5, 5.41) is 5.71. The summed E-state index contributed by atoms with van der Waals surface area (Å²) < 4.78 is 3.09. The van der Waals surface area contributed by atoms with Crippen molar-refractivity contribution in [2.75, 3.05) is 24.5 Å². The maximum Gasteiger partial charge on any atom is 0.329 e. The second-order valence-corrected chi connectivity index (χ2v) is 7.10. The van der Waals surface area contributed by atoms with Gasteiger partial charge in [-0.1, -0.05) is 0 Å². The number of aromatic nitrogens is 2. The van der Waals surface area contributed by atoms with Crippen molar-refractivity contribution >= 4 is 28.5 Å². The number of imidazole rings is 1. The Morgan fingerprint density at radius 2 is 1.96 bits per heavy atom. The molecule has 2 fully saturated rings. The van der Waals surface area contributed by atoms with E-state index in [9.17, 15) is 14.4 Å². The lowest BCUT2D eigenvalue weighted by molar-refractivity contribution is -0.135. The Bertz CT molecular complexity index is 944. The zero-order valence-electron chi connectivity index (χ0n) is 15.0. The maximum absolute atomic E-state index is 12.8. The number of fused-ring (bicyclic) bond motifs is 1. The van der Waals surface area contributed by atoms with Crippen molar-refractivity contribution in [3.8, 4) is 0 Å². The van der Waals surface area contributed by atoms with Crippen LogP contribution < -0.4 is 21.2 Å². The van der Waals surface area contributed by atoms with E-state index in [0.717, 1.165) is 36.4 Å². The van der Waals surface area contributed by atoms with E-state index in [4.69, 9.17) is 0 Å². The van der Waals surface area contributed by atoms with Crippen molar-refractivity contribution in [3.05, 3.63) is 28.7 Å². The van der Waals surface area contributed by atoms with Crippen molar-refractivity contribution in [2.45, 2.75) is 31.8 Å². The standard InChI is InChI=1S/C18H23N5O3/c1-11-10-19-7-8-22(11)12-3-4-13-15(9-12)21(2)18(26)23(13)14-5-6-16(24)20-17(14)25/h3-4,9,11,14,19H,5-8,10H2,1-2H3,(H,20,24,25)/t11-,14?/m1/s1. The van der Waals surface area contributed by atoms with Crippen molar-refractivity contribution in [2.24, 2.45) is 7.05 Å². The summed E-state index contributed by atoms with van der Waals surface area (Å²) in [4.78, 5) is 38.8. The van der Waals surface area contributed by atoms with Crippen molar-refractivity contribution in [1.82, 2.24) is 19.8 Å². The molecule has 1 aromatic carbocycles. The van der Waals surface area contributed by atoms with E-state index in [0.29, 0.717) is 12.5 Å². The molecule has 8 nitrogen and oxygen atoms in total. The highest BCUT2D eigenvalue weighted by Crippen LogP contribution is 2.27. The molecule has 0 aliphatic carbocycles. The fourth-order valence-electron chi connectivity index (χ4n) is 3.98. The molecule has 8 heteroatoms. The lowest BCUT2D eigenvalue weighted by Gasteiger charge is -2.36. The van der Waals surface area contributed by atoms with Crippen LogP contribution in [0.2, 0.25) is 0 Å². The van der Waals surface area contributed by atoms with Crippen LogP contribution in [0.5, 0.6) is 0 Å². The Kier molecular flexibility index (Phi) is 4.07. The number of imide groups is 1. The molecule has 3 heterocycles. The fourth-order valence-corrected chi connectivity index (χ4v) is 3.98. The Hall–Kier alpha value is -2.61. The van der Waals surface area contributed by atoms with Crippen LogP contribution in [0.15, 0.2) is 23.0 Å². The summed E-state index contributed by atoms with van der Waals surface area (Å²) in [6.45, 7) is 4.94. The Balaban J connectivity index is 1.79. The van der Waals surface area contributed by atoms with E-state index in [1.54, 1.807) is 11.6 Å². The molecule has 1 unspecified atom stereocenters. The zero-order valence-corrected chi connectivity index (χ0v) is 15.0. The highest BCUT2D eigenvalue weighted by molar-refractivity contribution is 6.00. The largest absolute Gasteiger partial charge is 0.366 e. The summed E-state index contributed by atoms with van der Waals surface area (Å²) in [7, 11) is 1.72. The van der Waals surface area contributed by atoms with Gasteiger partial charge in [-0.25, -0.2) is 4.79 Å². The lowest BCUT2D eigenvalue weighted by Crippen LogP contribution is -2.49. The highest BCUT2D eigenvalue weighted by Gasteiger charge is 2.31. The van der Waals surface area contributed by atoms with Gasteiger partial charge in [0, 0.05) is 44.8 Å². The molecule has 4 rings (SSSR count). The van der Waals surface area contributed by atoms with Gasteiger partial charge in [0.2, 0.25) is 11.8 Å². The van der Waals surface area contributed by atoms with Crippen LogP contribution in [0.25, 0.3) is 11.0 Å². The molecular weight excluding hydrogens is 334 g/mol.